The van der Waals surface area contributed by atoms with Gasteiger partial charge in [-0.05, 0) is 49.9 Å². The summed E-state index contributed by atoms with van der Waals surface area (Å²) in [4.78, 5) is 13.6. The second-order valence-electron chi connectivity index (χ2n) is 5.32. The predicted molar refractivity (Wildman–Crippen MR) is 76.4 cm³/mol. The topological polar surface area (TPSA) is 41.6 Å². The third-order valence-corrected chi connectivity index (χ3v) is 3.39. The molecule has 1 unspecified atom stereocenters. The Morgan fingerprint density at radius 2 is 2.25 bits per heavy atom. The molecule has 1 aliphatic heterocycles. The van der Waals surface area contributed by atoms with Gasteiger partial charge in [-0.25, -0.2) is 9.18 Å². The van der Waals surface area contributed by atoms with Gasteiger partial charge in [0, 0.05) is 25.9 Å². The van der Waals surface area contributed by atoms with Crippen LogP contribution in [0, 0.1) is 12.7 Å². The van der Waals surface area contributed by atoms with Gasteiger partial charge in [-0.2, -0.15) is 0 Å². The molecule has 110 valence electrons. The van der Waals surface area contributed by atoms with Crippen LogP contribution in [0.1, 0.15) is 24.8 Å². The van der Waals surface area contributed by atoms with Gasteiger partial charge >= 0.3 is 6.03 Å². The molecule has 4 nitrogen and oxygen atoms in total. The zero-order valence-corrected chi connectivity index (χ0v) is 12.0. The van der Waals surface area contributed by atoms with E-state index in [1.54, 1.807) is 24.9 Å². The molecule has 1 aromatic rings. The number of urea groups is 1. The lowest BCUT2D eigenvalue weighted by atomic mass is 10.1. The summed E-state index contributed by atoms with van der Waals surface area (Å²) in [5.74, 6) is -0.349. The van der Waals surface area contributed by atoms with Crippen LogP contribution in [0.4, 0.5) is 14.9 Å². The molecule has 1 N–H and O–H groups in total. The molecule has 1 atom stereocenters. The second-order valence-corrected chi connectivity index (χ2v) is 5.32. The van der Waals surface area contributed by atoms with Gasteiger partial charge in [0.1, 0.15) is 5.82 Å². The number of hydrogen-bond donors (Lipinski definition) is 1. The molecule has 0 bridgehead atoms. The van der Waals surface area contributed by atoms with Crippen molar-refractivity contribution in [3.8, 4) is 0 Å². The summed E-state index contributed by atoms with van der Waals surface area (Å²) in [5.41, 5.74) is 1.25. The average molecular weight is 280 g/mol. The minimum Gasteiger partial charge on any atom is -0.376 e. The van der Waals surface area contributed by atoms with Gasteiger partial charge in [0.05, 0.1) is 6.10 Å². The first-order valence-electron chi connectivity index (χ1n) is 6.95. The first-order chi connectivity index (χ1) is 9.54. The van der Waals surface area contributed by atoms with Crippen LogP contribution in [0.15, 0.2) is 18.2 Å². The maximum absolute atomic E-state index is 13.3. The molecule has 0 aliphatic carbocycles. The molecule has 1 heterocycles. The number of anilines is 1. The molecule has 2 rings (SSSR count). The van der Waals surface area contributed by atoms with Crippen LogP contribution in [0.3, 0.4) is 0 Å². The molecule has 1 aliphatic rings. The zero-order chi connectivity index (χ0) is 14.5. The maximum atomic E-state index is 13.3. The largest absolute Gasteiger partial charge is 0.376 e. The van der Waals surface area contributed by atoms with Crippen LogP contribution >= 0.6 is 0 Å². The number of hydrogen-bond acceptors (Lipinski definition) is 2. The van der Waals surface area contributed by atoms with Gasteiger partial charge in [0.2, 0.25) is 0 Å². The monoisotopic (exact) mass is 280 g/mol. The molecule has 0 aromatic heterocycles. The quantitative estimate of drug-likeness (QED) is 0.924. The first-order valence-corrected chi connectivity index (χ1v) is 6.95. The van der Waals surface area contributed by atoms with E-state index in [1.807, 2.05) is 0 Å². The Morgan fingerprint density at radius 3 is 2.90 bits per heavy atom. The highest BCUT2D eigenvalue weighted by Crippen LogP contribution is 2.16. The SMILES string of the molecule is Cc1cc(F)cc(NC(=O)N(C)CC2CCCCO2)c1. The molecule has 1 saturated heterocycles. The molecule has 1 fully saturated rings. The van der Waals surface area contributed by atoms with Crippen LogP contribution < -0.4 is 5.32 Å². The normalized spacial score (nSPS) is 18.6. The van der Waals surface area contributed by atoms with E-state index < -0.39 is 0 Å². The minimum absolute atomic E-state index is 0.105. The van der Waals surface area contributed by atoms with E-state index >= 15 is 0 Å². The lowest BCUT2D eigenvalue weighted by Gasteiger charge is -2.27. The Balaban J connectivity index is 1.89. The standard InChI is InChI=1S/C15H21FN2O2/c1-11-7-12(16)9-13(8-11)17-15(19)18(2)10-14-5-3-4-6-20-14/h7-9,14H,3-6,10H2,1-2H3,(H,17,19). The van der Waals surface area contributed by atoms with Crippen molar-refractivity contribution in [1.29, 1.82) is 0 Å². The summed E-state index contributed by atoms with van der Waals surface area (Å²) in [5, 5.41) is 2.70. The van der Waals surface area contributed by atoms with E-state index in [4.69, 9.17) is 4.74 Å². The van der Waals surface area contributed by atoms with Gasteiger partial charge < -0.3 is 15.0 Å². The Bertz CT molecular complexity index is 453. The van der Waals surface area contributed by atoms with Crippen LogP contribution in [-0.2, 0) is 4.74 Å². The van der Waals surface area contributed by atoms with Crippen molar-refractivity contribution in [1.82, 2.24) is 4.90 Å². The van der Waals surface area contributed by atoms with Gasteiger partial charge in [0.25, 0.3) is 0 Å². The molecular weight excluding hydrogens is 259 g/mol. The van der Waals surface area contributed by atoms with Crippen molar-refractivity contribution >= 4 is 11.7 Å². The molecule has 2 amide bonds. The number of rotatable bonds is 3. The number of likely N-dealkylation sites (N-methyl/N-ethyl adjacent to an activating group) is 1. The number of aryl methyl sites for hydroxylation is 1. The second kappa shape index (κ2) is 6.70. The van der Waals surface area contributed by atoms with E-state index in [0.717, 1.165) is 31.4 Å². The highest BCUT2D eigenvalue weighted by molar-refractivity contribution is 5.89. The summed E-state index contributed by atoms with van der Waals surface area (Å²) in [6.07, 6.45) is 3.32. The number of carbonyl (C=O) groups excluding carboxylic acids is 1. The van der Waals surface area contributed by atoms with Crippen molar-refractivity contribution in [3.05, 3.63) is 29.6 Å². The first kappa shape index (κ1) is 14.8. The van der Waals surface area contributed by atoms with Crippen molar-refractivity contribution in [3.63, 3.8) is 0 Å². The summed E-state index contributed by atoms with van der Waals surface area (Å²) in [7, 11) is 1.72. The number of amides is 2. The number of halogens is 1. The fourth-order valence-electron chi connectivity index (χ4n) is 2.37. The Hall–Kier alpha value is -1.62. The fraction of sp³-hybridized carbons (Fsp3) is 0.533. The molecule has 1 aromatic carbocycles. The molecule has 20 heavy (non-hydrogen) atoms. The van der Waals surface area contributed by atoms with E-state index in [-0.39, 0.29) is 18.0 Å². The molecule has 0 saturated carbocycles. The fourth-order valence-corrected chi connectivity index (χ4v) is 2.37. The Kier molecular flexibility index (Phi) is 4.95. The van der Waals surface area contributed by atoms with Crippen LogP contribution in [-0.4, -0.2) is 37.2 Å². The molecular formula is C15H21FN2O2. The Labute approximate surface area is 118 Å². The Morgan fingerprint density at radius 1 is 1.45 bits per heavy atom. The van der Waals surface area contributed by atoms with Crippen LogP contribution in [0.5, 0.6) is 0 Å². The maximum Gasteiger partial charge on any atom is 0.321 e. The third kappa shape index (κ3) is 4.20. The average Bonchev–Trinajstić information content (AvgIpc) is 2.38. The van der Waals surface area contributed by atoms with Crippen molar-refractivity contribution in [2.45, 2.75) is 32.3 Å². The summed E-state index contributed by atoms with van der Waals surface area (Å²) in [6, 6.07) is 4.24. The zero-order valence-electron chi connectivity index (χ0n) is 12.0. The van der Waals surface area contributed by atoms with Crippen molar-refractivity contribution in [2.24, 2.45) is 0 Å². The van der Waals surface area contributed by atoms with Gasteiger partial charge in [-0.3, -0.25) is 0 Å². The highest BCUT2D eigenvalue weighted by atomic mass is 19.1. The number of nitrogens with zero attached hydrogens (tertiary/aromatic N) is 1. The summed E-state index contributed by atoms with van der Waals surface area (Å²) < 4.78 is 18.9. The van der Waals surface area contributed by atoms with Crippen molar-refractivity contribution in [2.75, 3.05) is 25.5 Å². The number of ether oxygens (including phenoxy) is 1. The van der Waals surface area contributed by atoms with Crippen molar-refractivity contribution < 1.29 is 13.9 Å². The third-order valence-electron chi connectivity index (χ3n) is 3.39. The summed E-state index contributed by atoms with van der Waals surface area (Å²) >= 11 is 0. The van der Waals surface area contributed by atoms with Gasteiger partial charge in [0.15, 0.2) is 0 Å². The number of benzene rings is 1. The predicted octanol–water partition coefficient (Wildman–Crippen LogP) is 3.17. The molecule has 0 spiro atoms. The van der Waals surface area contributed by atoms with Gasteiger partial charge in [-0.1, -0.05) is 0 Å². The van der Waals surface area contributed by atoms with Gasteiger partial charge in [-0.15, -0.1) is 0 Å². The van der Waals surface area contributed by atoms with Crippen LogP contribution in [0.25, 0.3) is 0 Å². The van der Waals surface area contributed by atoms with E-state index in [0.29, 0.717) is 12.2 Å². The minimum atomic E-state index is -0.349. The highest BCUT2D eigenvalue weighted by Gasteiger charge is 2.18. The lowest BCUT2D eigenvalue weighted by molar-refractivity contribution is 0.00463. The van der Waals surface area contributed by atoms with E-state index in [1.165, 1.54) is 12.1 Å². The molecule has 0 radical (unpaired) electrons. The van der Waals surface area contributed by atoms with E-state index in [2.05, 4.69) is 5.32 Å². The van der Waals surface area contributed by atoms with Crippen LogP contribution in [0.2, 0.25) is 0 Å². The number of carbonyl (C=O) groups is 1. The lowest BCUT2D eigenvalue weighted by Crippen LogP contribution is -2.39. The summed E-state index contributed by atoms with van der Waals surface area (Å²) in [6.45, 7) is 3.11. The smallest absolute Gasteiger partial charge is 0.321 e. The number of nitrogens with one attached hydrogen (secondary N) is 1. The molecule has 5 heteroatoms. The van der Waals surface area contributed by atoms with E-state index in [9.17, 15) is 9.18 Å².